The summed E-state index contributed by atoms with van der Waals surface area (Å²) in [5.41, 5.74) is 7.28. The van der Waals surface area contributed by atoms with Gasteiger partial charge in [-0.2, -0.15) is 0 Å². The van der Waals surface area contributed by atoms with Gasteiger partial charge in [0, 0.05) is 11.8 Å². The van der Waals surface area contributed by atoms with Crippen LogP contribution in [0.4, 0.5) is 5.82 Å². The fourth-order valence-electron chi connectivity index (χ4n) is 1.78. The monoisotopic (exact) mass is 267 g/mol. The number of nitrogens with zero attached hydrogens (tertiary/aromatic N) is 2. The molecule has 0 aliphatic heterocycles. The molecule has 0 amide bonds. The summed E-state index contributed by atoms with van der Waals surface area (Å²) in [5.74, 6) is 1.56. The van der Waals surface area contributed by atoms with E-state index in [1.165, 1.54) is 31.3 Å². The molecule has 2 N–H and O–H groups in total. The Morgan fingerprint density at radius 3 is 2.94 bits per heavy atom. The molecule has 0 aromatic carbocycles. The van der Waals surface area contributed by atoms with Crippen molar-refractivity contribution in [3.8, 4) is 0 Å². The van der Waals surface area contributed by atoms with Crippen LogP contribution in [0.1, 0.15) is 25.7 Å². The van der Waals surface area contributed by atoms with Crippen LogP contribution in [0.5, 0.6) is 0 Å². The highest BCUT2D eigenvalue weighted by Gasteiger charge is 2.07. The molecule has 17 heavy (non-hydrogen) atoms. The molecule has 0 fully saturated rings. The highest BCUT2D eigenvalue weighted by molar-refractivity contribution is 7.99. The number of nitrogen functional groups attached to an aromatic ring is 1. The molecule has 3 nitrogen and oxygen atoms in total. The van der Waals surface area contributed by atoms with E-state index in [1.54, 1.807) is 23.5 Å². The van der Waals surface area contributed by atoms with E-state index in [0.717, 1.165) is 15.9 Å². The maximum absolute atomic E-state index is 5.75. The molecule has 1 aromatic heterocycles. The van der Waals surface area contributed by atoms with E-state index < -0.39 is 0 Å². The lowest BCUT2D eigenvalue weighted by Crippen LogP contribution is -1.99. The van der Waals surface area contributed by atoms with Gasteiger partial charge in [-0.15, -0.1) is 11.8 Å². The number of nitrogens with two attached hydrogens (primary N) is 1. The Balaban J connectivity index is 1.98. The third-order valence-corrected chi connectivity index (χ3v) is 4.27. The first kappa shape index (κ1) is 12.8. The van der Waals surface area contributed by atoms with Crippen LogP contribution in [-0.4, -0.2) is 22.0 Å². The first-order valence-corrected chi connectivity index (χ1v) is 7.98. The van der Waals surface area contributed by atoms with Crippen molar-refractivity contribution in [1.29, 1.82) is 0 Å². The second kappa shape index (κ2) is 6.31. The Bertz CT molecular complexity index is 418. The first-order valence-electron chi connectivity index (χ1n) is 5.77. The van der Waals surface area contributed by atoms with E-state index in [9.17, 15) is 0 Å². The average Bonchev–Trinajstić information content (AvgIpc) is 2.37. The van der Waals surface area contributed by atoms with Crippen molar-refractivity contribution in [3.05, 3.63) is 17.7 Å². The van der Waals surface area contributed by atoms with Gasteiger partial charge in [-0.25, -0.2) is 9.97 Å². The van der Waals surface area contributed by atoms with Gasteiger partial charge in [0.1, 0.15) is 10.8 Å². The van der Waals surface area contributed by atoms with Gasteiger partial charge < -0.3 is 5.73 Å². The lowest BCUT2D eigenvalue weighted by molar-refractivity contribution is 0.703. The average molecular weight is 267 g/mol. The van der Waals surface area contributed by atoms with Gasteiger partial charge in [0.2, 0.25) is 0 Å². The Kier molecular flexibility index (Phi) is 4.74. The Morgan fingerprint density at radius 1 is 1.35 bits per heavy atom. The zero-order valence-corrected chi connectivity index (χ0v) is 11.6. The number of thioether (sulfide) groups is 2. The van der Waals surface area contributed by atoms with Crippen molar-refractivity contribution < 1.29 is 0 Å². The van der Waals surface area contributed by atoms with Crippen LogP contribution in [0.15, 0.2) is 27.9 Å². The van der Waals surface area contributed by atoms with Crippen molar-refractivity contribution >= 4 is 29.3 Å². The molecular weight excluding hydrogens is 250 g/mol. The third kappa shape index (κ3) is 3.92. The summed E-state index contributed by atoms with van der Waals surface area (Å²) in [7, 11) is 0. The zero-order chi connectivity index (χ0) is 12.1. The lowest BCUT2D eigenvalue weighted by atomic mass is 10.0. The van der Waals surface area contributed by atoms with Crippen molar-refractivity contribution in [2.45, 2.75) is 35.9 Å². The summed E-state index contributed by atoms with van der Waals surface area (Å²) in [5, 5.41) is 1.73. The second-order valence-corrected chi connectivity index (χ2v) is 5.78. The van der Waals surface area contributed by atoms with Gasteiger partial charge >= 0.3 is 0 Å². The van der Waals surface area contributed by atoms with Crippen LogP contribution in [0.2, 0.25) is 0 Å². The number of hydrogen-bond acceptors (Lipinski definition) is 5. The molecule has 1 aliphatic rings. The summed E-state index contributed by atoms with van der Waals surface area (Å²) in [6, 6.07) is 1.81. The topological polar surface area (TPSA) is 51.8 Å². The van der Waals surface area contributed by atoms with E-state index in [4.69, 9.17) is 5.73 Å². The van der Waals surface area contributed by atoms with E-state index in [1.807, 2.05) is 12.3 Å². The Morgan fingerprint density at radius 2 is 2.24 bits per heavy atom. The summed E-state index contributed by atoms with van der Waals surface area (Å²) < 4.78 is 0. The van der Waals surface area contributed by atoms with Crippen molar-refractivity contribution in [3.63, 3.8) is 0 Å². The summed E-state index contributed by atoms with van der Waals surface area (Å²) >= 11 is 3.29. The zero-order valence-electron chi connectivity index (χ0n) is 9.98. The third-order valence-electron chi connectivity index (χ3n) is 2.68. The summed E-state index contributed by atoms with van der Waals surface area (Å²) in [4.78, 5) is 8.70. The van der Waals surface area contributed by atoms with Gasteiger partial charge in [0.25, 0.3) is 0 Å². The maximum atomic E-state index is 5.75. The normalized spacial score (nSPS) is 15.7. The molecule has 92 valence electrons. The fraction of sp³-hybridized carbons (Fsp3) is 0.500. The molecule has 0 radical (unpaired) electrons. The number of allylic oxidation sites excluding steroid dienone is 1. The van der Waals surface area contributed by atoms with E-state index >= 15 is 0 Å². The molecule has 0 unspecified atom stereocenters. The van der Waals surface area contributed by atoms with E-state index in [-0.39, 0.29) is 0 Å². The number of anilines is 1. The van der Waals surface area contributed by atoms with Gasteiger partial charge in [0.05, 0.1) is 0 Å². The van der Waals surface area contributed by atoms with E-state index in [0.29, 0.717) is 5.82 Å². The molecule has 0 saturated heterocycles. The quantitative estimate of drug-likeness (QED) is 0.392. The van der Waals surface area contributed by atoms with Gasteiger partial charge in [-0.3, -0.25) is 0 Å². The summed E-state index contributed by atoms with van der Waals surface area (Å²) in [6.45, 7) is 0. The smallest absolute Gasteiger partial charge is 0.190 e. The highest BCUT2D eigenvalue weighted by Crippen LogP contribution is 2.25. The molecule has 0 spiro atoms. The minimum atomic E-state index is 0.560. The molecule has 1 aromatic rings. The standard InChI is InChI=1S/C12H17N3S2/c1-16-11-7-10(13)14-12(15-11)17-8-9-5-3-2-4-6-9/h5,7H,2-4,6,8H2,1H3,(H2,13,14,15). The Labute approximate surface area is 111 Å². The number of hydrogen-bond donors (Lipinski definition) is 1. The van der Waals surface area contributed by atoms with Crippen LogP contribution in [0.25, 0.3) is 0 Å². The van der Waals surface area contributed by atoms with Crippen LogP contribution >= 0.6 is 23.5 Å². The van der Waals surface area contributed by atoms with Crippen LogP contribution in [-0.2, 0) is 0 Å². The molecule has 5 heteroatoms. The molecule has 1 aliphatic carbocycles. The highest BCUT2D eigenvalue weighted by atomic mass is 32.2. The van der Waals surface area contributed by atoms with Gasteiger partial charge in [-0.05, 0) is 31.9 Å². The largest absolute Gasteiger partial charge is 0.384 e. The predicted molar refractivity (Wildman–Crippen MR) is 75.5 cm³/mol. The van der Waals surface area contributed by atoms with E-state index in [2.05, 4.69) is 16.0 Å². The van der Waals surface area contributed by atoms with Crippen molar-refractivity contribution in [2.75, 3.05) is 17.7 Å². The van der Waals surface area contributed by atoms with Gasteiger partial charge in [0.15, 0.2) is 5.16 Å². The minimum Gasteiger partial charge on any atom is -0.384 e. The predicted octanol–water partition coefficient (Wildman–Crippen LogP) is 3.37. The molecule has 0 atom stereocenters. The van der Waals surface area contributed by atoms with Crippen molar-refractivity contribution in [1.82, 2.24) is 9.97 Å². The maximum Gasteiger partial charge on any atom is 0.190 e. The van der Waals surface area contributed by atoms with Gasteiger partial charge in [-0.1, -0.05) is 23.4 Å². The minimum absolute atomic E-state index is 0.560. The fourth-order valence-corrected chi connectivity index (χ4v) is 3.17. The molecule has 2 rings (SSSR count). The molecule has 0 bridgehead atoms. The SMILES string of the molecule is CSc1cc(N)nc(SCC2=CCCCC2)n1. The molecule has 1 heterocycles. The Hall–Kier alpha value is -0.680. The summed E-state index contributed by atoms with van der Waals surface area (Å²) in [6.07, 6.45) is 9.46. The van der Waals surface area contributed by atoms with Crippen LogP contribution in [0, 0.1) is 0 Å². The van der Waals surface area contributed by atoms with Crippen LogP contribution < -0.4 is 5.73 Å². The number of rotatable bonds is 4. The first-order chi connectivity index (χ1) is 8.28. The van der Waals surface area contributed by atoms with Crippen LogP contribution in [0.3, 0.4) is 0 Å². The number of aromatic nitrogens is 2. The second-order valence-electron chi connectivity index (χ2n) is 4.01. The van der Waals surface area contributed by atoms with Crippen molar-refractivity contribution in [2.24, 2.45) is 0 Å². The molecular formula is C12H17N3S2. The molecule has 0 saturated carbocycles. The lowest BCUT2D eigenvalue weighted by Gasteiger charge is -2.11.